The highest BCUT2D eigenvalue weighted by Gasteiger charge is 2.22. The third-order valence-electron chi connectivity index (χ3n) is 2.46. The van der Waals surface area contributed by atoms with Crippen molar-refractivity contribution >= 4 is 17.3 Å². The monoisotopic (exact) mass is 213 g/mol. The summed E-state index contributed by atoms with van der Waals surface area (Å²) >= 11 is 5.95. The molecular weight excluding hydrogens is 202 g/mol. The van der Waals surface area contributed by atoms with E-state index in [1.807, 2.05) is 11.0 Å². The van der Waals surface area contributed by atoms with Crippen molar-refractivity contribution in [1.82, 2.24) is 0 Å². The average Bonchev–Trinajstić information content (AvgIpc) is 2.57. The van der Waals surface area contributed by atoms with Gasteiger partial charge in [0, 0.05) is 13.1 Å². The Kier molecular flexibility index (Phi) is 2.52. The summed E-state index contributed by atoms with van der Waals surface area (Å²) in [4.78, 5) is 1.98. The Labute approximate surface area is 87.5 Å². The van der Waals surface area contributed by atoms with Crippen LogP contribution in [-0.2, 0) is 0 Å². The number of hydrogen-bond acceptors (Lipinski definition) is 3. The second-order valence-electron chi connectivity index (χ2n) is 3.50. The summed E-state index contributed by atoms with van der Waals surface area (Å²) in [7, 11) is 0. The third kappa shape index (κ3) is 1.65. The van der Waals surface area contributed by atoms with Gasteiger partial charge in [-0.1, -0.05) is 17.7 Å². The molecule has 0 amide bonds. The molecule has 2 rings (SSSR count). The van der Waals surface area contributed by atoms with Crippen LogP contribution in [0.3, 0.4) is 0 Å². The summed E-state index contributed by atoms with van der Waals surface area (Å²) in [6.45, 7) is 1.37. The maximum atomic E-state index is 9.41. The highest BCUT2D eigenvalue weighted by Crippen LogP contribution is 2.34. The van der Waals surface area contributed by atoms with Crippen molar-refractivity contribution in [3.63, 3.8) is 0 Å². The summed E-state index contributed by atoms with van der Waals surface area (Å²) in [6, 6.07) is 5.15. The molecule has 1 fully saturated rings. The van der Waals surface area contributed by atoms with Gasteiger partial charge in [-0.2, -0.15) is 0 Å². The van der Waals surface area contributed by atoms with Gasteiger partial charge in [0.2, 0.25) is 0 Å². The molecule has 76 valence electrons. The van der Waals surface area contributed by atoms with E-state index in [2.05, 4.69) is 0 Å². The molecule has 1 atom stereocenters. The largest absolute Gasteiger partial charge is 0.506 e. The summed E-state index contributed by atoms with van der Waals surface area (Å²) in [5.41, 5.74) is 0.795. The van der Waals surface area contributed by atoms with E-state index in [0.29, 0.717) is 11.6 Å². The predicted octanol–water partition coefficient (Wildman–Crippen LogP) is 1.62. The van der Waals surface area contributed by atoms with E-state index in [0.717, 1.165) is 18.7 Å². The summed E-state index contributed by atoms with van der Waals surface area (Å²) in [6.07, 6.45) is 0.472. The zero-order valence-corrected chi connectivity index (χ0v) is 8.41. The number of benzene rings is 1. The highest BCUT2D eigenvalue weighted by atomic mass is 35.5. The zero-order chi connectivity index (χ0) is 10.1. The van der Waals surface area contributed by atoms with E-state index >= 15 is 0 Å². The minimum atomic E-state index is -0.284. The predicted molar refractivity (Wildman–Crippen MR) is 56.0 cm³/mol. The van der Waals surface area contributed by atoms with Gasteiger partial charge < -0.3 is 15.1 Å². The Balaban J connectivity index is 2.28. The van der Waals surface area contributed by atoms with E-state index < -0.39 is 0 Å². The van der Waals surface area contributed by atoms with Gasteiger partial charge in [-0.3, -0.25) is 0 Å². The summed E-state index contributed by atoms with van der Waals surface area (Å²) < 4.78 is 0. The Morgan fingerprint density at radius 1 is 1.43 bits per heavy atom. The van der Waals surface area contributed by atoms with Crippen LogP contribution in [-0.4, -0.2) is 29.4 Å². The SMILES string of the molecule is Oc1cccc(N2CC[C@@H](O)C2)c1Cl. The molecule has 0 unspecified atom stereocenters. The van der Waals surface area contributed by atoms with Gasteiger partial charge in [-0.05, 0) is 18.6 Å². The number of nitrogens with zero attached hydrogens (tertiary/aromatic N) is 1. The van der Waals surface area contributed by atoms with E-state index in [9.17, 15) is 10.2 Å². The molecule has 14 heavy (non-hydrogen) atoms. The van der Waals surface area contributed by atoms with Gasteiger partial charge in [0.15, 0.2) is 0 Å². The van der Waals surface area contributed by atoms with Crippen LogP contribution in [0.5, 0.6) is 5.75 Å². The molecule has 1 aliphatic rings. The van der Waals surface area contributed by atoms with E-state index in [4.69, 9.17) is 11.6 Å². The number of aromatic hydroxyl groups is 1. The van der Waals surface area contributed by atoms with Crippen LogP contribution in [0, 0.1) is 0 Å². The molecular formula is C10H12ClNO2. The quantitative estimate of drug-likeness (QED) is 0.745. The van der Waals surface area contributed by atoms with Crippen molar-refractivity contribution in [2.24, 2.45) is 0 Å². The van der Waals surface area contributed by atoms with Crippen LogP contribution in [0.4, 0.5) is 5.69 Å². The normalized spacial score (nSPS) is 21.6. The number of halogens is 1. The molecule has 0 radical (unpaired) electrons. The first-order chi connectivity index (χ1) is 6.68. The molecule has 1 heterocycles. The lowest BCUT2D eigenvalue weighted by molar-refractivity contribution is 0.198. The first-order valence-corrected chi connectivity index (χ1v) is 4.97. The molecule has 3 nitrogen and oxygen atoms in total. The molecule has 0 bridgehead atoms. The molecule has 1 aliphatic heterocycles. The first kappa shape index (κ1) is 9.62. The van der Waals surface area contributed by atoms with Gasteiger partial charge in [-0.25, -0.2) is 0 Å². The molecule has 1 saturated heterocycles. The molecule has 0 aliphatic carbocycles. The average molecular weight is 214 g/mol. The van der Waals surface area contributed by atoms with Crippen LogP contribution in [0.25, 0.3) is 0 Å². The molecule has 4 heteroatoms. The number of phenols is 1. The minimum Gasteiger partial charge on any atom is -0.506 e. The zero-order valence-electron chi connectivity index (χ0n) is 7.65. The highest BCUT2D eigenvalue weighted by molar-refractivity contribution is 6.34. The fraction of sp³-hybridized carbons (Fsp3) is 0.400. The Bertz CT molecular complexity index is 343. The molecule has 1 aromatic rings. The van der Waals surface area contributed by atoms with Crippen molar-refractivity contribution in [3.8, 4) is 5.75 Å². The summed E-state index contributed by atoms with van der Waals surface area (Å²) in [5, 5.41) is 19.1. The molecule has 1 aromatic carbocycles. The maximum absolute atomic E-state index is 9.41. The number of anilines is 1. The van der Waals surface area contributed by atoms with Gasteiger partial charge in [0.05, 0.1) is 11.8 Å². The number of rotatable bonds is 1. The topological polar surface area (TPSA) is 43.7 Å². The van der Waals surface area contributed by atoms with Crippen molar-refractivity contribution in [1.29, 1.82) is 0 Å². The summed E-state index contributed by atoms with van der Waals surface area (Å²) in [5.74, 6) is 0.0885. The Hall–Kier alpha value is -0.930. The van der Waals surface area contributed by atoms with Crippen LogP contribution in [0.1, 0.15) is 6.42 Å². The van der Waals surface area contributed by atoms with Crippen molar-refractivity contribution < 1.29 is 10.2 Å². The first-order valence-electron chi connectivity index (χ1n) is 4.59. The van der Waals surface area contributed by atoms with Crippen LogP contribution in [0.2, 0.25) is 5.02 Å². The van der Waals surface area contributed by atoms with Gasteiger partial charge in [0.25, 0.3) is 0 Å². The lowest BCUT2D eigenvalue weighted by Gasteiger charge is -2.19. The Morgan fingerprint density at radius 3 is 2.86 bits per heavy atom. The van der Waals surface area contributed by atoms with Gasteiger partial charge in [0.1, 0.15) is 10.8 Å². The fourth-order valence-electron chi connectivity index (χ4n) is 1.71. The van der Waals surface area contributed by atoms with Crippen LogP contribution >= 0.6 is 11.6 Å². The lowest BCUT2D eigenvalue weighted by atomic mass is 10.3. The second kappa shape index (κ2) is 3.67. The van der Waals surface area contributed by atoms with Crippen molar-refractivity contribution in [2.45, 2.75) is 12.5 Å². The maximum Gasteiger partial charge on any atom is 0.136 e. The van der Waals surface area contributed by atoms with Gasteiger partial charge in [-0.15, -0.1) is 0 Å². The molecule has 0 aromatic heterocycles. The van der Waals surface area contributed by atoms with E-state index in [1.165, 1.54) is 0 Å². The number of aliphatic hydroxyl groups is 1. The van der Waals surface area contributed by atoms with Crippen LogP contribution in [0.15, 0.2) is 18.2 Å². The van der Waals surface area contributed by atoms with E-state index in [-0.39, 0.29) is 11.9 Å². The van der Waals surface area contributed by atoms with Crippen molar-refractivity contribution in [3.05, 3.63) is 23.2 Å². The van der Waals surface area contributed by atoms with Crippen LogP contribution < -0.4 is 4.90 Å². The second-order valence-corrected chi connectivity index (χ2v) is 3.88. The minimum absolute atomic E-state index is 0.0885. The lowest BCUT2D eigenvalue weighted by Crippen LogP contribution is -2.21. The standard InChI is InChI=1S/C10H12ClNO2/c11-10-8(2-1-3-9(10)14)12-5-4-7(13)6-12/h1-3,7,13-14H,4-6H2/t7-/m1/s1. The molecule has 0 spiro atoms. The number of phenolic OH excluding ortho intramolecular Hbond substituents is 1. The smallest absolute Gasteiger partial charge is 0.136 e. The van der Waals surface area contributed by atoms with E-state index in [1.54, 1.807) is 12.1 Å². The van der Waals surface area contributed by atoms with Crippen molar-refractivity contribution in [2.75, 3.05) is 18.0 Å². The molecule has 0 saturated carbocycles. The number of aliphatic hydroxyl groups excluding tert-OH is 1. The fourth-order valence-corrected chi connectivity index (χ4v) is 1.96. The third-order valence-corrected chi connectivity index (χ3v) is 2.85. The van der Waals surface area contributed by atoms with Gasteiger partial charge >= 0.3 is 0 Å². The number of hydrogen-bond donors (Lipinski definition) is 2. The number of β-amino-alcohol motifs (C(OH)–C–C–N with tert-alkyl or cyclic N) is 1. The Morgan fingerprint density at radius 2 is 2.21 bits per heavy atom. The molecule has 2 N–H and O–H groups in total.